The summed E-state index contributed by atoms with van der Waals surface area (Å²) in [4.78, 5) is 0. The van der Waals surface area contributed by atoms with E-state index in [1.165, 1.54) is 6.08 Å². The highest BCUT2D eigenvalue weighted by atomic mass is 35.5. The number of hydrogen-bond acceptors (Lipinski definition) is 2. The van der Waals surface area contributed by atoms with Gasteiger partial charge in [0, 0.05) is 5.38 Å². The zero-order valence-corrected chi connectivity index (χ0v) is 6.86. The zero-order chi connectivity index (χ0) is 8.16. The van der Waals surface area contributed by atoms with Crippen LogP contribution in [-0.2, 0) is 9.47 Å². The highest BCUT2D eigenvalue weighted by Gasteiger charge is 2.28. The Labute approximate surface area is 71.1 Å². The predicted octanol–water partition coefficient (Wildman–Crippen LogP) is 1.51. The van der Waals surface area contributed by atoms with Gasteiger partial charge in [-0.3, -0.25) is 0 Å². The van der Waals surface area contributed by atoms with Crippen molar-refractivity contribution in [2.45, 2.75) is 12.2 Å². The van der Waals surface area contributed by atoms with Crippen molar-refractivity contribution in [2.24, 2.45) is 0 Å². The lowest BCUT2D eigenvalue weighted by molar-refractivity contribution is -0.199. The molecule has 11 heavy (non-hydrogen) atoms. The first-order valence-corrected chi connectivity index (χ1v) is 3.75. The van der Waals surface area contributed by atoms with Gasteiger partial charge in [-0.2, -0.15) is 0 Å². The van der Waals surface area contributed by atoms with Crippen LogP contribution in [-0.4, -0.2) is 19.0 Å². The topological polar surface area (TPSA) is 18.5 Å². The summed E-state index contributed by atoms with van der Waals surface area (Å²) in [6, 6.07) is 0. The molecule has 0 amide bonds. The van der Waals surface area contributed by atoms with Crippen LogP contribution in [0, 0.1) is 11.3 Å². The van der Waals surface area contributed by atoms with Gasteiger partial charge in [-0.05, 0) is 30.0 Å². The molecule has 1 saturated heterocycles. The SMILES string of the molecule is C=CC1(C#CCl)OCCCO1. The minimum Gasteiger partial charge on any atom is -0.336 e. The Morgan fingerprint density at radius 2 is 2.09 bits per heavy atom. The molecule has 0 aliphatic carbocycles. The first-order valence-electron chi connectivity index (χ1n) is 3.37. The number of halogens is 1. The van der Waals surface area contributed by atoms with Crippen LogP contribution in [0.15, 0.2) is 12.7 Å². The molecule has 0 bridgehead atoms. The molecule has 0 N–H and O–H groups in total. The van der Waals surface area contributed by atoms with Crippen molar-refractivity contribution in [1.29, 1.82) is 0 Å². The molecule has 0 atom stereocenters. The van der Waals surface area contributed by atoms with Crippen molar-refractivity contribution in [3.63, 3.8) is 0 Å². The molecule has 60 valence electrons. The molecule has 1 fully saturated rings. The van der Waals surface area contributed by atoms with Gasteiger partial charge in [0.25, 0.3) is 5.79 Å². The number of rotatable bonds is 1. The Bertz CT molecular complexity index is 196. The van der Waals surface area contributed by atoms with Crippen molar-refractivity contribution < 1.29 is 9.47 Å². The average molecular weight is 173 g/mol. The van der Waals surface area contributed by atoms with Gasteiger partial charge in [0.1, 0.15) is 0 Å². The Morgan fingerprint density at radius 3 is 2.55 bits per heavy atom. The molecule has 1 rings (SSSR count). The van der Waals surface area contributed by atoms with Crippen molar-refractivity contribution in [2.75, 3.05) is 13.2 Å². The van der Waals surface area contributed by atoms with E-state index in [1.807, 2.05) is 0 Å². The molecule has 0 unspecified atom stereocenters. The number of ether oxygens (including phenoxy) is 2. The van der Waals surface area contributed by atoms with Crippen molar-refractivity contribution >= 4 is 11.6 Å². The smallest absolute Gasteiger partial charge is 0.255 e. The van der Waals surface area contributed by atoms with Crippen LogP contribution in [0.3, 0.4) is 0 Å². The largest absolute Gasteiger partial charge is 0.336 e. The molecule has 0 aromatic rings. The second-order valence-electron chi connectivity index (χ2n) is 2.14. The van der Waals surface area contributed by atoms with E-state index in [1.54, 1.807) is 0 Å². The zero-order valence-electron chi connectivity index (χ0n) is 6.10. The Morgan fingerprint density at radius 1 is 1.45 bits per heavy atom. The molecule has 1 aliphatic rings. The van der Waals surface area contributed by atoms with E-state index in [0.717, 1.165) is 6.42 Å². The number of hydrogen-bond donors (Lipinski definition) is 0. The van der Waals surface area contributed by atoms with Gasteiger partial charge < -0.3 is 9.47 Å². The molecule has 1 heterocycles. The van der Waals surface area contributed by atoms with Crippen LogP contribution < -0.4 is 0 Å². The van der Waals surface area contributed by atoms with Gasteiger partial charge in [-0.1, -0.05) is 6.58 Å². The third kappa shape index (κ3) is 1.97. The molecule has 0 saturated carbocycles. The highest BCUT2D eigenvalue weighted by Crippen LogP contribution is 2.18. The van der Waals surface area contributed by atoms with Crippen LogP contribution >= 0.6 is 11.6 Å². The maximum absolute atomic E-state index is 5.26. The molecule has 0 aromatic heterocycles. The third-order valence-corrected chi connectivity index (χ3v) is 1.51. The summed E-state index contributed by atoms with van der Waals surface area (Å²) < 4.78 is 10.5. The minimum atomic E-state index is -0.958. The molecule has 0 spiro atoms. The van der Waals surface area contributed by atoms with Crippen LogP contribution in [0.1, 0.15) is 6.42 Å². The van der Waals surface area contributed by atoms with E-state index in [4.69, 9.17) is 21.1 Å². The third-order valence-electron chi connectivity index (χ3n) is 1.41. The maximum Gasteiger partial charge on any atom is 0.255 e. The Kier molecular flexibility index (Phi) is 2.95. The van der Waals surface area contributed by atoms with Gasteiger partial charge >= 0.3 is 0 Å². The normalized spacial score (nSPS) is 21.5. The quantitative estimate of drug-likeness (QED) is 0.441. The van der Waals surface area contributed by atoms with Gasteiger partial charge in [0.05, 0.1) is 13.2 Å². The van der Waals surface area contributed by atoms with Crippen LogP contribution in [0.25, 0.3) is 0 Å². The second kappa shape index (κ2) is 3.77. The highest BCUT2D eigenvalue weighted by molar-refractivity contribution is 6.30. The van der Waals surface area contributed by atoms with Crippen LogP contribution in [0.4, 0.5) is 0 Å². The first kappa shape index (κ1) is 8.61. The minimum absolute atomic E-state index is 0.636. The van der Waals surface area contributed by atoms with Crippen molar-refractivity contribution in [3.8, 4) is 11.3 Å². The van der Waals surface area contributed by atoms with Crippen molar-refractivity contribution in [1.82, 2.24) is 0 Å². The van der Waals surface area contributed by atoms with E-state index >= 15 is 0 Å². The molecule has 3 heteroatoms. The Hall–Kier alpha value is -0.490. The van der Waals surface area contributed by atoms with E-state index in [-0.39, 0.29) is 0 Å². The summed E-state index contributed by atoms with van der Waals surface area (Å²) in [6.45, 7) is 4.84. The first-order chi connectivity index (χ1) is 5.33. The second-order valence-corrected chi connectivity index (χ2v) is 2.33. The molecular weight excluding hydrogens is 164 g/mol. The molecular formula is C8H9ClO2. The van der Waals surface area contributed by atoms with E-state index < -0.39 is 5.79 Å². The lowest BCUT2D eigenvalue weighted by Gasteiger charge is -2.29. The van der Waals surface area contributed by atoms with Crippen molar-refractivity contribution in [3.05, 3.63) is 12.7 Å². The summed E-state index contributed by atoms with van der Waals surface area (Å²) in [5.74, 6) is 1.64. The standard InChI is InChI=1S/C8H9ClO2/c1-2-8(4-5-9)10-6-3-7-11-8/h2H,1,3,6-7H2. The summed E-state index contributed by atoms with van der Waals surface area (Å²) in [7, 11) is 0. The Balaban J connectivity index is 2.69. The summed E-state index contributed by atoms with van der Waals surface area (Å²) in [5, 5.41) is 2.23. The fraction of sp³-hybridized carbons (Fsp3) is 0.500. The summed E-state index contributed by atoms with van der Waals surface area (Å²) >= 11 is 5.23. The molecule has 0 radical (unpaired) electrons. The van der Waals surface area contributed by atoms with E-state index in [0.29, 0.717) is 13.2 Å². The monoisotopic (exact) mass is 172 g/mol. The van der Waals surface area contributed by atoms with Gasteiger partial charge in [0.15, 0.2) is 0 Å². The maximum atomic E-state index is 5.26. The predicted molar refractivity (Wildman–Crippen MR) is 43.1 cm³/mol. The fourth-order valence-corrected chi connectivity index (χ4v) is 0.987. The average Bonchev–Trinajstić information content (AvgIpc) is 2.07. The van der Waals surface area contributed by atoms with Gasteiger partial charge in [-0.25, -0.2) is 0 Å². The summed E-state index contributed by atoms with van der Waals surface area (Å²) in [6.07, 6.45) is 2.40. The van der Waals surface area contributed by atoms with E-state index in [2.05, 4.69) is 17.9 Å². The molecule has 2 nitrogen and oxygen atoms in total. The summed E-state index contributed by atoms with van der Waals surface area (Å²) in [5.41, 5.74) is 0. The van der Waals surface area contributed by atoms with Crippen LogP contribution in [0.5, 0.6) is 0 Å². The van der Waals surface area contributed by atoms with E-state index in [9.17, 15) is 0 Å². The molecule has 0 aromatic carbocycles. The van der Waals surface area contributed by atoms with Crippen LogP contribution in [0.2, 0.25) is 0 Å². The lowest BCUT2D eigenvalue weighted by atomic mass is 10.2. The molecule has 1 aliphatic heterocycles. The fourth-order valence-electron chi connectivity index (χ4n) is 0.855. The van der Waals surface area contributed by atoms with Gasteiger partial charge in [-0.15, -0.1) is 0 Å². The van der Waals surface area contributed by atoms with Gasteiger partial charge in [0.2, 0.25) is 0 Å². The lowest BCUT2D eigenvalue weighted by Crippen LogP contribution is -2.36.